The van der Waals surface area contributed by atoms with E-state index in [0.29, 0.717) is 12.0 Å². The third-order valence-corrected chi connectivity index (χ3v) is 2.41. The van der Waals surface area contributed by atoms with Crippen molar-refractivity contribution < 1.29 is 0 Å². The fourth-order valence-corrected chi connectivity index (χ4v) is 1.67. The lowest BCUT2D eigenvalue weighted by atomic mass is 10.3. The van der Waals surface area contributed by atoms with Crippen LogP contribution in [0.25, 0.3) is 11.4 Å². The molecule has 0 spiro atoms. The van der Waals surface area contributed by atoms with Crippen molar-refractivity contribution in [3.05, 3.63) is 24.5 Å². The van der Waals surface area contributed by atoms with Crippen molar-refractivity contribution in [3.8, 4) is 11.4 Å². The summed E-state index contributed by atoms with van der Waals surface area (Å²) >= 11 is 0. The predicted molar refractivity (Wildman–Crippen MR) is 67.8 cm³/mol. The van der Waals surface area contributed by atoms with E-state index in [-0.39, 0.29) is 0 Å². The Balaban J connectivity index is 2.38. The topological polar surface area (TPSA) is 55.6 Å². The van der Waals surface area contributed by atoms with E-state index in [1.54, 1.807) is 12.4 Å². The van der Waals surface area contributed by atoms with Crippen molar-refractivity contribution in [1.82, 2.24) is 19.7 Å². The quantitative estimate of drug-likeness (QED) is 0.877. The zero-order valence-electron chi connectivity index (χ0n) is 10.4. The van der Waals surface area contributed by atoms with Crippen molar-refractivity contribution in [2.24, 2.45) is 0 Å². The van der Waals surface area contributed by atoms with Gasteiger partial charge in [0.1, 0.15) is 0 Å². The van der Waals surface area contributed by atoms with Crippen molar-refractivity contribution in [1.29, 1.82) is 0 Å². The second-order valence-corrected chi connectivity index (χ2v) is 4.05. The molecule has 2 heterocycles. The van der Waals surface area contributed by atoms with Crippen LogP contribution >= 0.6 is 0 Å². The van der Waals surface area contributed by atoms with Crippen LogP contribution in [0.5, 0.6) is 0 Å². The highest BCUT2D eigenvalue weighted by atomic mass is 15.3. The molecule has 2 aromatic heterocycles. The fourth-order valence-electron chi connectivity index (χ4n) is 1.67. The summed E-state index contributed by atoms with van der Waals surface area (Å²) in [4.78, 5) is 8.63. The lowest BCUT2D eigenvalue weighted by molar-refractivity contribution is 0.538. The van der Waals surface area contributed by atoms with Crippen LogP contribution in [0.15, 0.2) is 24.5 Å². The Morgan fingerprint density at radius 1 is 1.29 bits per heavy atom. The smallest absolute Gasteiger partial charge is 0.223 e. The predicted octanol–water partition coefficient (Wildman–Crippen LogP) is 2.35. The highest BCUT2D eigenvalue weighted by Crippen LogP contribution is 2.20. The van der Waals surface area contributed by atoms with E-state index in [9.17, 15) is 0 Å². The number of rotatable bonds is 4. The summed E-state index contributed by atoms with van der Waals surface area (Å²) in [5.74, 6) is 0.654. The Morgan fingerprint density at radius 2 is 2.12 bits per heavy atom. The van der Waals surface area contributed by atoms with Crippen molar-refractivity contribution in [3.63, 3.8) is 0 Å². The third kappa shape index (κ3) is 2.43. The molecule has 0 unspecified atom stereocenters. The summed E-state index contributed by atoms with van der Waals surface area (Å²) in [6.45, 7) is 7.03. The first-order valence-corrected chi connectivity index (χ1v) is 5.83. The van der Waals surface area contributed by atoms with Crippen molar-refractivity contribution in [2.45, 2.75) is 26.8 Å². The molecule has 5 heteroatoms. The maximum absolute atomic E-state index is 4.46. The first kappa shape index (κ1) is 11.6. The van der Waals surface area contributed by atoms with Gasteiger partial charge in [0.05, 0.1) is 11.4 Å². The van der Waals surface area contributed by atoms with Gasteiger partial charge < -0.3 is 5.32 Å². The molecule has 0 atom stereocenters. The first-order valence-electron chi connectivity index (χ1n) is 5.83. The van der Waals surface area contributed by atoms with E-state index < -0.39 is 0 Å². The Bertz CT molecular complexity index is 489. The largest absolute Gasteiger partial charge is 0.354 e. The molecule has 0 aliphatic carbocycles. The van der Waals surface area contributed by atoms with Gasteiger partial charge in [-0.15, -0.1) is 0 Å². The summed E-state index contributed by atoms with van der Waals surface area (Å²) in [6, 6.07) is 4.19. The van der Waals surface area contributed by atoms with Gasteiger partial charge in [0, 0.05) is 25.0 Å². The number of hydrogen-bond acceptors (Lipinski definition) is 4. The molecule has 0 amide bonds. The van der Waals surface area contributed by atoms with E-state index in [2.05, 4.69) is 34.2 Å². The molecule has 0 saturated carbocycles. The number of anilines is 1. The number of nitrogens with zero attached hydrogens (tertiary/aromatic N) is 4. The highest BCUT2D eigenvalue weighted by molar-refractivity contribution is 5.55. The van der Waals surface area contributed by atoms with Crippen LogP contribution in [-0.2, 0) is 0 Å². The minimum Gasteiger partial charge on any atom is -0.354 e. The number of nitrogens with one attached hydrogen (secondary N) is 1. The number of hydrogen-bond donors (Lipinski definition) is 1. The molecule has 2 aromatic rings. The molecule has 90 valence electrons. The van der Waals surface area contributed by atoms with Crippen LogP contribution < -0.4 is 5.32 Å². The second kappa shape index (κ2) is 4.95. The van der Waals surface area contributed by atoms with Gasteiger partial charge in [0.25, 0.3) is 0 Å². The monoisotopic (exact) mass is 231 g/mol. The van der Waals surface area contributed by atoms with E-state index >= 15 is 0 Å². The summed E-state index contributed by atoms with van der Waals surface area (Å²) < 4.78 is 1.96. The van der Waals surface area contributed by atoms with Crippen molar-refractivity contribution >= 4 is 5.95 Å². The van der Waals surface area contributed by atoms with Gasteiger partial charge in [-0.05, 0) is 32.9 Å². The molecule has 5 nitrogen and oxygen atoms in total. The van der Waals surface area contributed by atoms with Gasteiger partial charge in [-0.2, -0.15) is 5.10 Å². The maximum atomic E-state index is 4.46. The molecular formula is C12H17N5. The first-order chi connectivity index (χ1) is 8.22. The lowest BCUT2D eigenvalue weighted by Crippen LogP contribution is -2.07. The standard InChI is InChI=1S/C12H17N5/c1-4-13-12-14-7-5-10(16-12)11-6-8-15-17(11)9(2)3/h5-9H,4H2,1-3H3,(H,13,14,16). The minimum absolute atomic E-state index is 0.317. The summed E-state index contributed by atoms with van der Waals surface area (Å²) in [7, 11) is 0. The summed E-state index contributed by atoms with van der Waals surface area (Å²) in [5, 5.41) is 7.41. The summed E-state index contributed by atoms with van der Waals surface area (Å²) in [5.41, 5.74) is 1.91. The SMILES string of the molecule is CCNc1nccc(-c2ccnn2C(C)C)n1. The molecule has 0 aliphatic heterocycles. The van der Waals surface area contributed by atoms with Crippen LogP contribution in [0.3, 0.4) is 0 Å². The molecule has 0 radical (unpaired) electrons. The molecule has 0 saturated heterocycles. The van der Waals surface area contributed by atoms with Gasteiger partial charge in [-0.25, -0.2) is 9.97 Å². The van der Waals surface area contributed by atoms with Crippen molar-refractivity contribution in [2.75, 3.05) is 11.9 Å². The zero-order valence-corrected chi connectivity index (χ0v) is 10.4. The molecule has 0 bridgehead atoms. The average molecular weight is 231 g/mol. The molecule has 17 heavy (non-hydrogen) atoms. The van der Waals surface area contributed by atoms with Crippen LogP contribution in [0, 0.1) is 0 Å². The van der Waals surface area contributed by atoms with E-state index in [1.165, 1.54) is 0 Å². The van der Waals surface area contributed by atoms with Crippen LogP contribution in [0.1, 0.15) is 26.8 Å². The Kier molecular flexibility index (Phi) is 3.37. The van der Waals surface area contributed by atoms with Gasteiger partial charge in [0.2, 0.25) is 5.95 Å². The van der Waals surface area contributed by atoms with E-state index in [0.717, 1.165) is 17.9 Å². The third-order valence-electron chi connectivity index (χ3n) is 2.41. The number of aromatic nitrogens is 4. The van der Waals surface area contributed by atoms with E-state index in [1.807, 2.05) is 23.7 Å². The fraction of sp³-hybridized carbons (Fsp3) is 0.417. The average Bonchev–Trinajstić information content (AvgIpc) is 2.79. The lowest BCUT2D eigenvalue weighted by Gasteiger charge is -2.10. The summed E-state index contributed by atoms with van der Waals surface area (Å²) in [6.07, 6.45) is 3.56. The molecule has 0 aromatic carbocycles. The van der Waals surface area contributed by atoms with E-state index in [4.69, 9.17) is 0 Å². The highest BCUT2D eigenvalue weighted by Gasteiger charge is 2.09. The normalized spacial score (nSPS) is 10.8. The second-order valence-electron chi connectivity index (χ2n) is 4.05. The van der Waals surface area contributed by atoms with Gasteiger partial charge in [-0.3, -0.25) is 4.68 Å². The maximum Gasteiger partial charge on any atom is 0.223 e. The molecular weight excluding hydrogens is 214 g/mol. The van der Waals surface area contributed by atoms with Gasteiger partial charge in [-0.1, -0.05) is 0 Å². The van der Waals surface area contributed by atoms with Crippen LogP contribution in [0.2, 0.25) is 0 Å². The Labute approximate surface area is 101 Å². The van der Waals surface area contributed by atoms with Gasteiger partial charge in [0.15, 0.2) is 0 Å². The molecule has 0 fully saturated rings. The zero-order chi connectivity index (χ0) is 12.3. The molecule has 1 N–H and O–H groups in total. The van der Waals surface area contributed by atoms with Crippen LogP contribution in [-0.4, -0.2) is 26.3 Å². The van der Waals surface area contributed by atoms with Crippen LogP contribution in [0.4, 0.5) is 5.95 Å². The Morgan fingerprint density at radius 3 is 2.82 bits per heavy atom. The molecule has 2 rings (SSSR count). The molecule has 0 aliphatic rings. The minimum atomic E-state index is 0.317. The van der Waals surface area contributed by atoms with Gasteiger partial charge >= 0.3 is 0 Å². The Hall–Kier alpha value is -1.91.